The summed E-state index contributed by atoms with van der Waals surface area (Å²) in [6, 6.07) is 9.89. The summed E-state index contributed by atoms with van der Waals surface area (Å²) in [5, 5.41) is 4.57. The van der Waals surface area contributed by atoms with Gasteiger partial charge in [0, 0.05) is 13.1 Å². The van der Waals surface area contributed by atoms with Gasteiger partial charge in [-0.25, -0.2) is 4.68 Å². The number of benzene rings is 1. The first-order valence-corrected chi connectivity index (χ1v) is 7.94. The number of aromatic nitrogens is 2. The third kappa shape index (κ3) is 3.01. The van der Waals surface area contributed by atoms with Crippen molar-refractivity contribution in [2.45, 2.75) is 33.3 Å². The summed E-state index contributed by atoms with van der Waals surface area (Å²) < 4.78 is 7.54. The molecule has 0 bridgehead atoms. The van der Waals surface area contributed by atoms with E-state index in [0.29, 0.717) is 25.3 Å². The van der Waals surface area contributed by atoms with Crippen molar-refractivity contribution in [1.29, 1.82) is 0 Å². The number of carbonyl (C=O) groups is 1. The second kappa shape index (κ2) is 5.81. The van der Waals surface area contributed by atoms with Gasteiger partial charge in [-0.15, -0.1) is 0 Å². The summed E-state index contributed by atoms with van der Waals surface area (Å²) in [5.74, 6) is 0.0403. The summed E-state index contributed by atoms with van der Waals surface area (Å²) in [7, 11) is 0. The van der Waals surface area contributed by atoms with E-state index in [0.717, 1.165) is 17.1 Å². The Kier molecular flexibility index (Phi) is 3.98. The zero-order chi connectivity index (χ0) is 16.6. The van der Waals surface area contributed by atoms with Crippen LogP contribution in [0.1, 0.15) is 35.6 Å². The van der Waals surface area contributed by atoms with Gasteiger partial charge in [0.15, 0.2) is 0 Å². The number of carbonyl (C=O) groups excluding carboxylic acids is 1. The Labute approximate surface area is 136 Å². The number of hydrogen-bond acceptors (Lipinski definition) is 3. The van der Waals surface area contributed by atoms with Gasteiger partial charge >= 0.3 is 0 Å². The summed E-state index contributed by atoms with van der Waals surface area (Å²) in [5.41, 5.74) is 3.01. The molecule has 1 aromatic carbocycles. The number of nitrogens with zero attached hydrogens (tertiary/aromatic N) is 3. The van der Waals surface area contributed by atoms with Crippen LogP contribution in [0.3, 0.4) is 0 Å². The zero-order valence-electron chi connectivity index (χ0n) is 14.2. The number of hydrogen-bond donors (Lipinski definition) is 0. The molecule has 1 aliphatic rings. The van der Waals surface area contributed by atoms with Gasteiger partial charge < -0.3 is 9.64 Å². The van der Waals surface area contributed by atoms with E-state index in [1.165, 1.54) is 0 Å². The highest BCUT2D eigenvalue weighted by atomic mass is 16.5. The average Bonchev–Trinajstić information content (AvgIpc) is 2.81. The van der Waals surface area contributed by atoms with Crippen molar-refractivity contribution < 1.29 is 9.53 Å². The smallest absolute Gasteiger partial charge is 0.257 e. The first-order valence-electron chi connectivity index (χ1n) is 7.94. The molecule has 1 amide bonds. The highest BCUT2D eigenvalue weighted by Crippen LogP contribution is 2.23. The van der Waals surface area contributed by atoms with E-state index in [1.54, 1.807) is 0 Å². The van der Waals surface area contributed by atoms with Crippen molar-refractivity contribution in [3.8, 4) is 5.69 Å². The lowest BCUT2D eigenvalue weighted by molar-refractivity contribution is -0.0764. The maximum absolute atomic E-state index is 13.0. The number of aryl methyl sites for hydroxylation is 1. The van der Waals surface area contributed by atoms with Crippen LogP contribution in [0.4, 0.5) is 0 Å². The van der Waals surface area contributed by atoms with Crippen LogP contribution >= 0.6 is 0 Å². The minimum absolute atomic E-state index is 0.0403. The van der Waals surface area contributed by atoms with Crippen molar-refractivity contribution in [1.82, 2.24) is 14.7 Å². The summed E-state index contributed by atoms with van der Waals surface area (Å²) in [6.07, 6.45) is 0. The molecule has 5 nitrogen and oxygen atoms in total. The molecule has 0 aliphatic carbocycles. The number of para-hydroxylation sites is 1. The molecule has 0 atom stereocenters. The fraction of sp³-hybridized carbons (Fsp3) is 0.444. The number of amides is 1. The van der Waals surface area contributed by atoms with Crippen molar-refractivity contribution in [2.24, 2.45) is 0 Å². The third-order valence-electron chi connectivity index (χ3n) is 4.22. The van der Waals surface area contributed by atoms with Crippen LogP contribution in [0.2, 0.25) is 0 Å². The highest BCUT2D eigenvalue weighted by molar-refractivity contribution is 5.96. The van der Waals surface area contributed by atoms with Gasteiger partial charge in [-0.3, -0.25) is 4.79 Å². The zero-order valence-corrected chi connectivity index (χ0v) is 14.2. The predicted molar refractivity (Wildman–Crippen MR) is 89.0 cm³/mol. The lowest BCUT2D eigenvalue weighted by Gasteiger charge is -2.38. The lowest BCUT2D eigenvalue weighted by atomic mass is 10.1. The normalized spacial score (nSPS) is 17.3. The molecule has 5 heteroatoms. The molecule has 3 rings (SSSR count). The first kappa shape index (κ1) is 15.7. The Balaban J connectivity index is 1.94. The SMILES string of the molecule is Cc1nn(-c2ccccc2)c(C)c1C(=O)N1CCOC(C)(C)C1. The fourth-order valence-corrected chi connectivity index (χ4v) is 3.12. The number of morpholine rings is 1. The molecule has 1 aromatic heterocycles. The van der Waals surface area contributed by atoms with Crippen LogP contribution in [-0.4, -0.2) is 45.9 Å². The maximum Gasteiger partial charge on any atom is 0.257 e. The second-order valence-electron chi connectivity index (χ2n) is 6.63. The summed E-state index contributed by atoms with van der Waals surface area (Å²) in [4.78, 5) is 14.9. The highest BCUT2D eigenvalue weighted by Gasteiger charge is 2.32. The molecule has 122 valence electrons. The molecule has 0 saturated carbocycles. The number of rotatable bonds is 2. The van der Waals surface area contributed by atoms with Crippen molar-refractivity contribution in [2.75, 3.05) is 19.7 Å². The molecule has 1 fully saturated rings. The van der Waals surface area contributed by atoms with E-state index < -0.39 is 0 Å². The van der Waals surface area contributed by atoms with Crippen molar-refractivity contribution in [3.05, 3.63) is 47.3 Å². The topological polar surface area (TPSA) is 47.4 Å². The lowest BCUT2D eigenvalue weighted by Crippen LogP contribution is -2.50. The molecule has 0 spiro atoms. The Morgan fingerprint density at radius 1 is 1.22 bits per heavy atom. The van der Waals surface area contributed by atoms with Crippen molar-refractivity contribution in [3.63, 3.8) is 0 Å². The molecule has 0 radical (unpaired) electrons. The maximum atomic E-state index is 13.0. The van der Waals surface area contributed by atoms with Gasteiger partial charge in [0.1, 0.15) is 0 Å². The van der Waals surface area contributed by atoms with E-state index >= 15 is 0 Å². The van der Waals surface area contributed by atoms with Gasteiger partial charge in [0.2, 0.25) is 0 Å². The quantitative estimate of drug-likeness (QED) is 0.856. The summed E-state index contributed by atoms with van der Waals surface area (Å²) >= 11 is 0. The monoisotopic (exact) mass is 313 g/mol. The molecule has 0 unspecified atom stereocenters. The molecule has 1 aliphatic heterocycles. The Morgan fingerprint density at radius 3 is 2.57 bits per heavy atom. The molecule has 2 aromatic rings. The van der Waals surface area contributed by atoms with Crippen LogP contribution < -0.4 is 0 Å². The van der Waals surface area contributed by atoms with E-state index in [1.807, 2.05) is 67.6 Å². The van der Waals surface area contributed by atoms with Crippen LogP contribution in [0.25, 0.3) is 5.69 Å². The largest absolute Gasteiger partial charge is 0.372 e. The van der Waals surface area contributed by atoms with Gasteiger partial charge in [0.25, 0.3) is 5.91 Å². The van der Waals surface area contributed by atoms with Crippen molar-refractivity contribution >= 4 is 5.91 Å². The predicted octanol–water partition coefficient (Wildman–Crippen LogP) is 2.74. The molecule has 0 N–H and O–H groups in total. The van der Waals surface area contributed by atoms with Crippen LogP contribution in [0.5, 0.6) is 0 Å². The van der Waals surface area contributed by atoms with E-state index in [9.17, 15) is 4.79 Å². The van der Waals surface area contributed by atoms with Crippen LogP contribution in [-0.2, 0) is 4.74 Å². The first-order chi connectivity index (χ1) is 10.9. The molecule has 23 heavy (non-hydrogen) atoms. The van der Waals surface area contributed by atoms with Gasteiger partial charge in [-0.2, -0.15) is 5.10 Å². The van der Waals surface area contributed by atoms with Crippen LogP contribution in [0, 0.1) is 13.8 Å². The van der Waals surface area contributed by atoms with Gasteiger partial charge in [-0.1, -0.05) is 18.2 Å². The molecular weight excluding hydrogens is 290 g/mol. The number of ether oxygens (including phenoxy) is 1. The third-order valence-corrected chi connectivity index (χ3v) is 4.22. The minimum Gasteiger partial charge on any atom is -0.372 e. The van der Waals surface area contributed by atoms with E-state index in [4.69, 9.17) is 4.74 Å². The van der Waals surface area contributed by atoms with Gasteiger partial charge in [0.05, 0.1) is 34.8 Å². The van der Waals surface area contributed by atoms with Crippen LogP contribution in [0.15, 0.2) is 30.3 Å². The van der Waals surface area contributed by atoms with Gasteiger partial charge in [-0.05, 0) is 39.8 Å². The van der Waals surface area contributed by atoms with E-state index in [-0.39, 0.29) is 11.5 Å². The summed E-state index contributed by atoms with van der Waals surface area (Å²) in [6.45, 7) is 9.67. The van der Waals surface area contributed by atoms with E-state index in [2.05, 4.69) is 5.10 Å². The second-order valence-corrected chi connectivity index (χ2v) is 6.63. The fourth-order valence-electron chi connectivity index (χ4n) is 3.12. The Hall–Kier alpha value is -2.14. The Bertz CT molecular complexity index is 719. The minimum atomic E-state index is -0.300. The Morgan fingerprint density at radius 2 is 1.91 bits per heavy atom. The average molecular weight is 313 g/mol. The standard InChI is InChI=1S/C18H23N3O2/c1-13-16(17(22)20-10-11-23-18(3,4)12-20)14(2)21(19-13)15-8-6-5-7-9-15/h5-9H,10-12H2,1-4H3. The molecular formula is C18H23N3O2. The molecule has 1 saturated heterocycles. The molecule has 2 heterocycles.